The molecule has 2 N–H and O–H groups in total. The maximum atomic E-state index is 12.1. The lowest BCUT2D eigenvalue weighted by atomic mass is 10.2. The lowest BCUT2D eigenvalue weighted by Gasteiger charge is -2.09. The molecule has 1 aromatic carbocycles. The highest BCUT2D eigenvalue weighted by Crippen LogP contribution is 2.13. The molecule has 136 valence electrons. The Balaban J connectivity index is 2.12. The maximum Gasteiger partial charge on any atom is 0.337 e. The molecule has 1 heterocycles. The van der Waals surface area contributed by atoms with E-state index < -0.39 is 33.6 Å². The molecule has 0 spiro atoms. The van der Waals surface area contributed by atoms with Gasteiger partial charge in [-0.1, -0.05) is 0 Å². The second kappa shape index (κ2) is 7.92. The number of carbonyl (C=O) groups excluding carboxylic acids is 2. The van der Waals surface area contributed by atoms with Crippen LogP contribution < -0.4 is 16.0 Å². The standard InChI is InChI=1S/C16H15N3O7/c1-25-16(22)10-2-4-12(5-3-10)26-7-6-18-9-11(19(23)24)8-13(14(17)20)15(18)21/h2-5,8-9H,6-7H2,1H3,(H2,17,20). The highest BCUT2D eigenvalue weighted by atomic mass is 16.6. The molecule has 2 rings (SSSR count). The fourth-order valence-electron chi connectivity index (χ4n) is 2.13. The van der Waals surface area contributed by atoms with Crippen molar-refractivity contribution in [3.63, 3.8) is 0 Å². The van der Waals surface area contributed by atoms with Crippen LogP contribution in [-0.2, 0) is 11.3 Å². The van der Waals surface area contributed by atoms with E-state index in [9.17, 15) is 24.5 Å². The molecule has 0 bridgehead atoms. The first-order chi connectivity index (χ1) is 12.3. The van der Waals surface area contributed by atoms with Gasteiger partial charge in [-0.15, -0.1) is 0 Å². The molecule has 10 heteroatoms. The Morgan fingerprint density at radius 1 is 1.27 bits per heavy atom. The molecule has 1 amide bonds. The highest BCUT2D eigenvalue weighted by Gasteiger charge is 2.17. The van der Waals surface area contributed by atoms with Crippen LogP contribution in [0.3, 0.4) is 0 Å². The number of methoxy groups -OCH3 is 1. The zero-order valence-electron chi connectivity index (χ0n) is 13.7. The number of aromatic nitrogens is 1. The number of rotatable bonds is 7. The van der Waals surface area contributed by atoms with E-state index in [2.05, 4.69) is 4.74 Å². The summed E-state index contributed by atoms with van der Waals surface area (Å²) in [5.74, 6) is -1.11. The number of primary amides is 1. The van der Waals surface area contributed by atoms with Crippen LogP contribution in [0.1, 0.15) is 20.7 Å². The second-order valence-electron chi connectivity index (χ2n) is 5.10. The summed E-state index contributed by atoms with van der Waals surface area (Å²) in [4.78, 5) is 44.9. The Morgan fingerprint density at radius 3 is 2.46 bits per heavy atom. The van der Waals surface area contributed by atoms with Crippen molar-refractivity contribution in [1.82, 2.24) is 4.57 Å². The van der Waals surface area contributed by atoms with Crippen molar-refractivity contribution in [2.24, 2.45) is 5.73 Å². The number of nitro groups is 1. The van der Waals surface area contributed by atoms with E-state index in [0.717, 1.165) is 16.8 Å². The minimum Gasteiger partial charge on any atom is -0.492 e. The van der Waals surface area contributed by atoms with Gasteiger partial charge in [0, 0.05) is 6.07 Å². The second-order valence-corrected chi connectivity index (χ2v) is 5.10. The van der Waals surface area contributed by atoms with Gasteiger partial charge >= 0.3 is 5.97 Å². The third-order valence-electron chi connectivity index (χ3n) is 3.42. The molecule has 1 aromatic heterocycles. The molecule has 0 unspecified atom stereocenters. The fraction of sp³-hybridized carbons (Fsp3) is 0.188. The minimum absolute atomic E-state index is 0.00313. The van der Waals surface area contributed by atoms with Crippen LogP contribution in [0, 0.1) is 10.1 Å². The molecule has 2 aromatic rings. The van der Waals surface area contributed by atoms with Crippen molar-refractivity contribution in [3.8, 4) is 5.75 Å². The molecule has 0 saturated heterocycles. The molecule has 26 heavy (non-hydrogen) atoms. The number of pyridine rings is 1. The minimum atomic E-state index is -1.05. The van der Waals surface area contributed by atoms with E-state index in [1.165, 1.54) is 31.4 Å². The predicted octanol–water partition coefficient (Wildman–Crippen LogP) is 0.721. The van der Waals surface area contributed by atoms with Gasteiger partial charge < -0.3 is 19.8 Å². The number of esters is 1. The van der Waals surface area contributed by atoms with Crippen LogP contribution in [0.25, 0.3) is 0 Å². The summed E-state index contributed by atoms with van der Waals surface area (Å²) in [6, 6.07) is 6.93. The molecule has 0 fully saturated rings. The van der Waals surface area contributed by atoms with Crippen LogP contribution in [0.2, 0.25) is 0 Å². The molecular weight excluding hydrogens is 346 g/mol. The summed E-state index contributed by atoms with van der Waals surface area (Å²) in [6.07, 6.45) is 1.01. The topological polar surface area (TPSA) is 144 Å². The molecule has 0 aliphatic heterocycles. The van der Waals surface area contributed by atoms with Crippen LogP contribution >= 0.6 is 0 Å². The molecule has 0 aliphatic carbocycles. The van der Waals surface area contributed by atoms with Gasteiger partial charge in [0.2, 0.25) is 0 Å². The van der Waals surface area contributed by atoms with E-state index in [0.29, 0.717) is 11.3 Å². The lowest BCUT2D eigenvalue weighted by Crippen LogP contribution is -2.31. The van der Waals surface area contributed by atoms with Crippen molar-refractivity contribution in [2.75, 3.05) is 13.7 Å². The van der Waals surface area contributed by atoms with E-state index in [1.54, 1.807) is 0 Å². The van der Waals surface area contributed by atoms with E-state index >= 15 is 0 Å². The number of nitrogens with zero attached hydrogens (tertiary/aromatic N) is 2. The maximum absolute atomic E-state index is 12.1. The van der Waals surface area contributed by atoms with E-state index in [1.807, 2.05) is 0 Å². The summed E-state index contributed by atoms with van der Waals surface area (Å²) in [7, 11) is 1.27. The van der Waals surface area contributed by atoms with Crippen LogP contribution in [0.4, 0.5) is 5.69 Å². The summed E-state index contributed by atoms with van der Waals surface area (Å²) in [6.45, 7) is -0.0452. The zero-order chi connectivity index (χ0) is 19.3. The highest BCUT2D eigenvalue weighted by molar-refractivity contribution is 5.93. The number of nitrogens with two attached hydrogens (primary N) is 1. The van der Waals surface area contributed by atoms with Crippen LogP contribution in [0.15, 0.2) is 41.3 Å². The van der Waals surface area contributed by atoms with Crippen LogP contribution in [0.5, 0.6) is 5.75 Å². The van der Waals surface area contributed by atoms with Crippen molar-refractivity contribution in [3.05, 3.63) is 68.1 Å². The van der Waals surface area contributed by atoms with Crippen molar-refractivity contribution >= 4 is 17.6 Å². The predicted molar refractivity (Wildman–Crippen MR) is 89.2 cm³/mol. The Morgan fingerprint density at radius 2 is 1.92 bits per heavy atom. The number of hydrogen-bond donors (Lipinski definition) is 1. The molecule has 0 atom stereocenters. The number of carbonyl (C=O) groups is 2. The normalized spacial score (nSPS) is 10.2. The number of benzene rings is 1. The summed E-state index contributed by atoms with van der Waals surface area (Å²) in [5.41, 5.74) is 3.78. The molecule has 0 saturated carbocycles. The van der Waals surface area contributed by atoms with Gasteiger partial charge in [0.25, 0.3) is 17.2 Å². The van der Waals surface area contributed by atoms with Crippen LogP contribution in [-0.4, -0.2) is 35.1 Å². The fourth-order valence-corrected chi connectivity index (χ4v) is 2.13. The van der Waals surface area contributed by atoms with Gasteiger partial charge in [-0.2, -0.15) is 0 Å². The van der Waals surface area contributed by atoms with Crippen molar-refractivity contribution in [1.29, 1.82) is 0 Å². The molecule has 0 aliphatic rings. The Hall–Kier alpha value is -3.69. The van der Waals surface area contributed by atoms with Crippen molar-refractivity contribution in [2.45, 2.75) is 6.54 Å². The Kier molecular flexibility index (Phi) is 5.68. The third-order valence-corrected chi connectivity index (χ3v) is 3.42. The van der Waals surface area contributed by atoms with E-state index in [-0.39, 0.29) is 13.2 Å². The number of hydrogen-bond acceptors (Lipinski definition) is 7. The average Bonchev–Trinajstić information content (AvgIpc) is 2.62. The first-order valence-corrected chi connectivity index (χ1v) is 7.33. The third kappa shape index (κ3) is 4.23. The summed E-state index contributed by atoms with van der Waals surface area (Å²) in [5, 5.41) is 10.9. The molecular formula is C16H15N3O7. The van der Waals surface area contributed by atoms with Gasteiger partial charge in [-0.05, 0) is 24.3 Å². The van der Waals surface area contributed by atoms with Gasteiger partial charge in [0.15, 0.2) is 0 Å². The average molecular weight is 361 g/mol. The Labute approximate surface area is 146 Å². The van der Waals surface area contributed by atoms with Crippen molar-refractivity contribution < 1.29 is 24.0 Å². The smallest absolute Gasteiger partial charge is 0.337 e. The lowest BCUT2D eigenvalue weighted by molar-refractivity contribution is -0.385. The monoisotopic (exact) mass is 361 g/mol. The van der Waals surface area contributed by atoms with Gasteiger partial charge in [-0.25, -0.2) is 4.79 Å². The zero-order valence-corrected chi connectivity index (χ0v) is 13.7. The first-order valence-electron chi connectivity index (χ1n) is 7.33. The van der Waals surface area contributed by atoms with Gasteiger partial charge in [0.05, 0.1) is 30.3 Å². The largest absolute Gasteiger partial charge is 0.492 e. The summed E-state index contributed by atoms with van der Waals surface area (Å²) < 4.78 is 11.0. The molecule has 10 nitrogen and oxygen atoms in total. The van der Waals surface area contributed by atoms with E-state index in [4.69, 9.17) is 10.5 Å². The summed E-state index contributed by atoms with van der Waals surface area (Å²) >= 11 is 0. The number of amides is 1. The Bertz CT molecular complexity index is 903. The number of ether oxygens (including phenoxy) is 2. The first kappa shape index (κ1) is 18.6. The molecule has 0 radical (unpaired) electrons. The SMILES string of the molecule is COC(=O)c1ccc(OCCn2cc([N+](=O)[O-])cc(C(N)=O)c2=O)cc1. The quantitative estimate of drug-likeness (QED) is 0.434. The van der Waals surface area contributed by atoms with Gasteiger partial charge in [0.1, 0.15) is 17.9 Å². The van der Waals surface area contributed by atoms with Gasteiger partial charge in [-0.3, -0.25) is 19.7 Å².